The summed E-state index contributed by atoms with van der Waals surface area (Å²) in [5.74, 6) is -0.913. The number of ether oxygens (including phenoxy) is 3. The fraction of sp³-hybridized carbons (Fsp3) is 0.455. The number of Topliss-reactive ketones (excluding diaryl/α,β-unsaturated/α-hetero) is 1. The van der Waals surface area contributed by atoms with Crippen LogP contribution in [0.3, 0.4) is 0 Å². The van der Waals surface area contributed by atoms with E-state index in [1.54, 1.807) is 44.2 Å². The maximum Gasteiger partial charge on any atom is 0.459 e. The van der Waals surface area contributed by atoms with Crippen molar-refractivity contribution in [2.24, 2.45) is 0 Å². The van der Waals surface area contributed by atoms with Crippen LogP contribution in [0.15, 0.2) is 47.4 Å². The third kappa shape index (κ3) is 5.15. The smallest absolute Gasteiger partial charge is 0.459 e. The van der Waals surface area contributed by atoms with E-state index in [0.717, 1.165) is 0 Å². The van der Waals surface area contributed by atoms with Gasteiger partial charge in [0, 0.05) is 12.3 Å². The van der Waals surface area contributed by atoms with E-state index in [1.807, 2.05) is 0 Å². The summed E-state index contributed by atoms with van der Waals surface area (Å²) in [5.41, 5.74) is -1.96. The topological polar surface area (TPSA) is 144 Å². The van der Waals surface area contributed by atoms with Crippen molar-refractivity contribution in [3.8, 4) is 11.8 Å². The number of nitrogens with one attached hydrogen (secondary N) is 1. The van der Waals surface area contributed by atoms with Crippen molar-refractivity contribution in [2.45, 2.75) is 57.8 Å². The number of fused-ring (bicyclic) bond motifs is 3. The molecular formula is C22H26N3O9P. The molecule has 3 heterocycles. The van der Waals surface area contributed by atoms with Gasteiger partial charge in [0.2, 0.25) is 11.4 Å². The van der Waals surface area contributed by atoms with E-state index >= 15 is 0 Å². The van der Waals surface area contributed by atoms with Crippen LogP contribution < -0.4 is 19.9 Å². The molecule has 1 saturated heterocycles. The van der Waals surface area contributed by atoms with Gasteiger partial charge in [0.15, 0.2) is 6.23 Å². The Morgan fingerprint density at radius 2 is 1.94 bits per heavy atom. The average molecular weight is 507 g/mol. The Hall–Kier alpha value is -3.05. The standard InChI is InChI=1S/C22H26N3O9P/c1-13(2)31-19(28)14(3)24-35(29,34-15-8-6-5-7-9-15)30-12-16-18(27)22(4)20(32-16)25-11-10-17(26)23-21(25)33-22/h5-11,13-14,16,20H,12H2,1-4H3,(H,24,29)/t14-,16+,20+,22-,35?/m0/s1. The fourth-order valence-electron chi connectivity index (χ4n) is 3.68. The van der Waals surface area contributed by atoms with Gasteiger partial charge in [-0.1, -0.05) is 18.2 Å². The summed E-state index contributed by atoms with van der Waals surface area (Å²) < 4.78 is 42.8. The molecule has 13 heteroatoms. The zero-order valence-electron chi connectivity index (χ0n) is 19.6. The van der Waals surface area contributed by atoms with Crippen LogP contribution in [0, 0.1) is 0 Å². The van der Waals surface area contributed by atoms with E-state index in [-0.39, 0.29) is 17.9 Å². The van der Waals surface area contributed by atoms with Crippen molar-refractivity contribution in [1.82, 2.24) is 14.6 Å². The van der Waals surface area contributed by atoms with Gasteiger partial charge in [-0.3, -0.25) is 23.5 Å². The molecule has 0 aliphatic carbocycles. The number of carbonyl (C=O) groups excluding carboxylic acids is 2. The van der Waals surface area contributed by atoms with E-state index in [2.05, 4.69) is 10.1 Å². The van der Waals surface area contributed by atoms with E-state index in [4.69, 9.17) is 23.3 Å². The lowest BCUT2D eigenvalue weighted by molar-refractivity contribution is -0.149. The average Bonchev–Trinajstić information content (AvgIpc) is 3.20. The first-order valence-corrected chi connectivity index (χ1v) is 12.5. The third-order valence-corrected chi connectivity index (χ3v) is 6.97. The predicted octanol–water partition coefficient (Wildman–Crippen LogP) is 1.99. The highest BCUT2D eigenvalue weighted by molar-refractivity contribution is 7.52. The Balaban J connectivity index is 1.50. The third-order valence-electron chi connectivity index (χ3n) is 5.33. The Morgan fingerprint density at radius 1 is 1.23 bits per heavy atom. The van der Waals surface area contributed by atoms with Crippen LogP contribution in [-0.4, -0.2) is 51.8 Å². The normalized spacial score (nSPS) is 25.3. The Kier molecular flexibility index (Phi) is 6.83. The summed E-state index contributed by atoms with van der Waals surface area (Å²) in [6, 6.07) is 8.38. The highest BCUT2D eigenvalue weighted by Gasteiger charge is 2.61. The van der Waals surface area contributed by atoms with Crippen LogP contribution in [0.1, 0.15) is 33.9 Å². The zero-order valence-corrected chi connectivity index (χ0v) is 20.5. The predicted molar refractivity (Wildman–Crippen MR) is 121 cm³/mol. The van der Waals surface area contributed by atoms with Gasteiger partial charge in [0.25, 0.3) is 5.56 Å². The molecule has 2 aromatic rings. The maximum absolute atomic E-state index is 13.6. The summed E-state index contributed by atoms with van der Waals surface area (Å²) in [5, 5.41) is 2.56. The van der Waals surface area contributed by atoms with Crippen LogP contribution >= 0.6 is 7.75 Å². The largest absolute Gasteiger partial charge is 0.462 e. The minimum Gasteiger partial charge on any atom is -0.462 e. The first kappa shape index (κ1) is 25.1. The van der Waals surface area contributed by atoms with E-state index in [0.29, 0.717) is 0 Å². The van der Waals surface area contributed by atoms with Crippen molar-refractivity contribution < 1.29 is 37.4 Å². The number of ketones is 1. The molecule has 1 aromatic heterocycles. The van der Waals surface area contributed by atoms with Crippen LogP contribution in [-0.2, 0) is 28.2 Å². The maximum atomic E-state index is 13.6. The minimum absolute atomic E-state index is 0.0324. The molecule has 0 spiro atoms. The van der Waals surface area contributed by atoms with E-state index < -0.39 is 55.6 Å². The quantitative estimate of drug-likeness (QED) is 0.393. The summed E-state index contributed by atoms with van der Waals surface area (Å²) in [4.78, 5) is 40.7. The fourth-order valence-corrected chi connectivity index (χ4v) is 5.17. The lowest BCUT2D eigenvalue weighted by Gasteiger charge is -2.24. The van der Waals surface area contributed by atoms with Crippen molar-refractivity contribution in [2.75, 3.05) is 6.61 Å². The molecule has 5 atom stereocenters. The summed E-state index contributed by atoms with van der Waals surface area (Å²) in [6.45, 7) is 5.89. The molecule has 2 aliphatic heterocycles. The zero-order chi connectivity index (χ0) is 25.4. The number of hydrogen-bond acceptors (Lipinski definition) is 10. The molecule has 35 heavy (non-hydrogen) atoms. The highest BCUT2D eigenvalue weighted by Crippen LogP contribution is 2.48. The Morgan fingerprint density at radius 3 is 2.63 bits per heavy atom. The molecule has 0 amide bonds. The van der Waals surface area contributed by atoms with Crippen molar-refractivity contribution in [3.63, 3.8) is 0 Å². The van der Waals surface area contributed by atoms with Gasteiger partial charge < -0.3 is 18.7 Å². The van der Waals surface area contributed by atoms with Crippen LogP contribution in [0.25, 0.3) is 0 Å². The first-order valence-electron chi connectivity index (χ1n) is 11.0. The molecule has 1 unspecified atom stereocenters. The number of para-hydroxylation sites is 1. The number of aromatic nitrogens is 2. The van der Waals surface area contributed by atoms with Gasteiger partial charge in [0.1, 0.15) is 17.9 Å². The van der Waals surface area contributed by atoms with Crippen LogP contribution in [0.2, 0.25) is 0 Å². The number of esters is 1. The second-order valence-electron chi connectivity index (χ2n) is 8.54. The van der Waals surface area contributed by atoms with Gasteiger partial charge in [-0.25, -0.2) is 4.57 Å². The number of rotatable bonds is 9. The van der Waals surface area contributed by atoms with Gasteiger partial charge in [0.05, 0.1) is 12.7 Å². The first-order chi connectivity index (χ1) is 16.5. The molecule has 0 radical (unpaired) electrons. The van der Waals surface area contributed by atoms with Gasteiger partial charge in [-0.15, -0.1) is 0 Å². The van der Waals surface area contributed by atoms with Crippen LogP contribution in [0.5, 0.6) is 11.8 Å². The SMILES string of the molecule is CC(C)OC(=O)[C@H](C)NP(=O)(OC[C@H]1O[C@H]2n3ccc(=O)nc3O[C@@]2(C)C1=O)Oc1ccccc1. The lowest BCUT2D eigenvalue weighted by atomic mass is 9.99. The minimum atomic E-state index is -4.18. The van der Waals surface area contributed by atoms with Gasteiger partial charge >= 0.3 is 19.7 Å². The molecule has 0 bridgehead atoms. The monoisotopic (exact) mass is 507 g/mol. The van der Waals surface area contributed by atoms with E-state index in [9.17, 15) is 18.9 Å². The van der Waals surface area contributed by atoms with Crippen molar-refractivity contribution in [3.05, 3.63) is 52.9 Å². The molecule has 2 aliphatic rings. The lowest BCUT2D eigenvalue weighted by Crippen LogP contribution is -2.42. The summed E-state index contributed by atoms with van der Waals surface area (Å²) in [7, 11) is -4.18. The van der Waals surface area contributed by atoms with Crippen molar-refractivity contribution >= 4 is 19.5 Å². The molecule has 1 N–H and O–H groups in total. The second-order valence-corrected chi connectivity index (χ2v) is 10.2. The second kappa shape index (κ2) is 9.54. The number of nitrogens with zero attached hydrogens (tertiary/aromatic N) is 2. The number of benzene rings is 1. The molecule has 1 aromatic carbocycles. The molecule has 188 valence electrons. The molecule has 1 fully saturated rings. The molecular weight excluding hydrogens is 481 g/mol. The Bertz CT molecular complexity index is 1220. The highest BCUT2D eigenvalue weighted by atomic mass is 31.2. The van der Waals surface area contributed by atoms with E-state index in [1.165, 1.54) is 30.7 Å². The van der Waals surface area contributed by atoms with Crippen molar-refractivity contribution in [1.29, 1.82) is 0 Å². The van der Waals surface area contributed by atoms with Gasteiger partial charge in [-0.2, -0.15) is 10.1 Å². The molecule has 0 saturated carbocycles. The molecule has 12 nitrogen and oxygen atoms in total. The Labute approximate surface area is 201 Å². The number of carbonyl (C=O) groups is 2. The number of hydrogen-bond donors (Lipinski definition) is 1. The molecule has 4 rings (SSSR count). The van der Waals surface area contributed by atoms with Gasteiger partial charge in [-0.05, 0) is 39.8 Å². The summed E-state index contributed by atoms with van der Waals surface area (Å²) >= 11 is 0. The van der Waals surface area contributed by atoms with Crippen LogP contribution in [0.4, 0.5) is 0 Å². The summed E-state index contributed by atoms with van der Waals surface area (Å²) in [6.07, 6.45) is -1.01.